The van der Waals surface area contributed by atoms with Crippen LogP contribution in [0, 0.1) is 19.8 Å². The summed E-state index contributed by atoms with van der Waals surface area (Å²) < 4.78 is 10.7. The SMILES string of the molecule is CCOC(=O)c1c(NC(=O)C(C)OC(=O)c2cc(C)ccc2C)sc2c1CCC(C)C2. The maximum Gasteiger partial charge on any atom is 0.341 e. The lowest BCUT2D eigenvalue weighted by Crippen LogP contribution is -2.30. The number of esters is 2. The van der Waals surface area contributed by atoms with E-state index in [2.05, 4.69) is 12.2 Å². The molecule has 1 aromatic carbocycles. The normalized spacial score (nSPS) is 16.2. The molecule has 2 atom stereocenters. The number of nitrogens with one attached hydrogen (secondary N) is 1. The second-order valence-electron chi connectivity index (χ2n) is 8.13. The van der Waals surface area contributed by atoms with Crippen LogP contribution in [0.2, 0.25) is 0 Å². The van der Waals surface area contributed by atoms with Crippen LogP contribution in [0.15, 0.2) is 18.2 Å². The third-order valence-electron chi connectivity index (χ3n) is 5.49. The maximum absolute atomic E-state index is 12.8. The second kappa shape index (κ2) is 9.64. The molecule has 1 aliphatic rings. The number of benzene rings is 1. The first-order valence-corrected chi connectivity index (χ1v) is 11.4. The van der Waals surface area contributed by atoms with Crippen LogP contribution in [-0.2, 0) is 27.1 Å². The van der Waals surface area contributed by atoms with E-state index in [0.29, 0.717) is 22.0 Å². The average molecular weight is 444 g/mol. The lowest BCUT2D eigenvalue weighted by molar-refractivity contribution is -0.123. The molecule has 0 spiro atoms. The topological polar surface area (TPSA) is 81.7 Å². The Labute approximate surface area is 186 Å². The number of carbonyl (C=O) groups excluding carboxylic acids is 3. The van der Waals surface area contributed by atoms with Gasteiger partial charge in [-0.15, -0.1) is 11.3 Å². The van der Waals surface area contributed by atoms with Gasteiger partial charge in [0.05, 0.1) is 17.7 Å². The minimum atomic E-state index is -1.01. The molecule has 0 aliphatic heterocycles. The van der Waals surface area contributed by atoms with E-state index in [1.807, 2.05) is 26.0 Å². The van der Waals surface area contributed by atoms with E-state index >= 15 is 0 Å². The number of rotatable bonds is 6. The number of fused-ring (bicyclic) bond motifs is 1. The Balaban J connectivity index is 1.78. The highest BCUT2D eigenvalue weighted by Crippen LogP contribution is 2.40. The molecule has 7 heteroatoms. The standard InChI is InChI=1S/C24H29NO5S/c1-6-29-24(28)20-17-10-8-14(3)12-19(17)31-22(20)25-21(26)16(5)30-23(27)18-11-13(2)7-9-15(18)4/h7,9,11,14,16H,6,8,10,12H2,1-5H3,(H,25,26). The number of anilines is 1. The summed E-state index contributed by atoms with van der Waals surface area (Å²) in [5.74, 6) is -0.920. The smallest absolute Gasteiger partial charge is 0.341 e. The second-order valence-corrected chi connectivity index (χ2v) is 9.24. The monoisotopic (exact) mass is 443 g/mol. The molecular formula is C24H29NO5S. The summed E-state index contributed by atoms with van der Waals surface area (Å²) in [5.41, 5.74) is 3.57. The van der Waals surface area contributed by atoms with Crippen molar-refractivity contribution in [2.24, 2.45) is 5.92 Å². The number of thiophene rings is 1. The van der Waals surface area contributed by atoms with Gasteiger partial charge in [0.25, 0.3) is 5.91 Å². The Morgan fingerprint density at radius 1 is 1.23 bits per heavy atom. The predicted molar refractivity (Wildman–Crippen MR) is 121 cm³/mol. The first-order valence-electron chi connectivity index (χ1n) is 10.6. The van der Waals surface area contributed by atoms with Crippen molar-refractivity contribution in [3.8, 4) is 0 Å². The molecule has 2 unspecified atom stereocenters. The molecule has 0 radical (unpaired) electrons. The van der Waals surface area contributed by atoms with Crippen molar-refractivity contribution in [1.82, 2.24) is 0 Å². The van der Waals surface area contributed by atoms with Gasteiger partial charge in [-0.25, -0.2) is 9.59 Å². The zero-order valence-corrected chi connectivity index (χ0v) is 19.5. The largest absolute Gasteiger partial charge is 0.462 e. The molecule has 1 N–H and O–H groups in total. The molecule has 31 heavy (non-hydrogen) atoms. The fraction of sp³-hybridized carbons (Fsp3) is 0.458. The number of carbonyl (C=O) groups is 3. The maximum atomic E-state index is 12.8. The summed E-state index contributed by atoms with van der Waals surface area (Å²) in [4.78, 5) is 39.1. The van der Waals surface area contributed by atoms with Crippen molar-refractivity contribution in [1.29, 1.82) is 0 Å². The Hall–Kier alpha value is -2.67. The molecule has 1 aromatic heterocycles. The van der Waals surface area contributed by atoms with Crippen LogP contribution >= 0.6 is 11.3 Å². The van der Waals surface area contributed by atoms with Gasteiger partial charge >= 0.3 is 11.9 Å². The van der Waals surface area contributed by atoms with Gasteiger partial charge in [0, 0.05) is 4.88 Å². The highest BCUT2D eigenvalue weighted by molar-refractivity contribution is 7.17. The number of hydrogen-bond acceptors (Lipinski definition) is 6. The highest BCUT2D eigenvalue weighted by atomic mass is 32.1. The van der Waals surface area contributed by atoms with Crippen LogP contribution in [0.4, 0.5) is 5.00 Å². The summed E-state index contributed by atoms with van der Waals surface area (Å²) in [6.45, 7) is 9.44. The van der Waals surface area contributed by atoms with Crippen LogP contribution in [0.5, 0.6) is 0 Å². The van der Waals surface area contributed by atoms with E-state index in [-0.39, 0.29) is 6.61 Å². The van der Waals surface area contributed by atoms with Crippen molar-refractivity contribution in [2.45, 2.75) is 60.0 Å². The van der Waals surface area contributed by atoms with E-state index < -0.39 is 23.9 Å². The number of aryl methyl sites for hydroxylation is 2. The minimum Gasteiger partial charge on any atom is -0.462 e. The van der Waals surface area contributed by atoms with Crippen LogP contribution in [0.1, 0.15) is 69.5 Å². The predicted octanol–water partition coefficient (Wildman–Crippen LogP) is 4.85. The highest BCUT2D eigenvalue weighted by Gasteiger charge is 2.30. The molecule has 0 saturated heterocycles. The summed E-state index contributed by atoms with van der Waals surface area (Å²) in [7, 11) is 0. The van der Waals surface area contributed by atoms with Crippen molar-refractivity contribution in [3.63, 3.8) is 0 Å². The number of hydrogen-bond donors (Lipinski definition) is 1. The zero-order chi connectivity index (χ0) is 22.7. The molecule has 1 amide bonds. The van der Waals surface area contributed by atoms with E-state index in [4.69, 9.17) is 9.47 Å². The molecule has 2 aromatic rings. The van der Waals surface area contributed by atoms with E-state index in [0.717, 1.165) is 40.8 Å². The van der Waals surface area contributed by atoms with Crippen molar-refractivity contribution in [2.75, 3.05) is 11.9 Å². The van der Waals surface area contributed by atoms with Crippen LogP contribution in [0.3, 0.4) is 0 Å². The van der Waals surface area contributed by atoms with Gasteiger partial charge in [-0.2, -0.15) is 0 Å². The van der Waals surface area contributed by atoms with Gasteiger partial charge in [-0.05, 0) is 70.1 Å². The molecule has 0 fully saturated rings. The third-order valence-corrected chi connectivity index (χ3v) is 6.66. The number of amides is 1. The van der Waals surface area contributed by atoms with Gasteiger partial charge < -0.3 is 14.8 Å². The van der Waals surface area contributed by atoms with Crippen molar-refractivity contribution >= 4 is 34.2 Å². The van der Waals surface area contributed by atoms with Crippen molar-refractivity contribution in [3.05, 3.63) is 50.9 Å². The molecule has 1 aliphatic carbocycles. The van der Waals surface area contributed by atoms with E-state index in [1.165, 1.54) is 18.3 Å². The Kier molecular flexibility index (Phi) is 7.15. The Morgan fingerprint density at radius 3 is 2.68 bits per heavy atom. The van der Waals surface area contributed by atoms with Gasteiger partial charge in [-0.1, -0.05) is 24.6 Å². The average Bonchev–Trinajstić information content (AvgIpc) is 3.06. The molecule has 1 heterocycles. The van der Waals surface area contributed by atoms with E-state index in [1.54, 1.807) is 13.0 Å². The lowest BCUT2D eigenvalue weighted by atomic mass is 9.88. The Morgan fingerprint density at radius 2 is 1.97 bits per heavy atom. The van der Waals surface area contributed by atoms with Gasteiger partial charge in [0.2, 0.25) is 0 Å². The lowest BCUT2D eigenvalue weighted by Gasteiger charge is -2.18. The number of ether oxygens (including phenoxy) is 2. The first kappa shape index (κ1) is 23.0. The van der Waals surface area contributed by atoms with Crippen molar-refractivity contribution < 1.29 is 23.9 Å². The molecule has 0 saturated carbocycles. The van der Waals surface area contributed by atoms with Crippen LogP contribution in [0.25, 0.3) is 0 Å². The quantitative estimate of drug-likeness (QED) is 0.646. The van der Waals surface area contributed by atoms with E-state index in [9.17, 15) is 14.4 Å². The summed E-state index contributed by atoms with van der Waals surface area (Å²) in [5, 5.41) is 3.28. The first-order chi connectivity index (χ1) is 14.7. The third kappa shape index (κ3) is 5.15. The summed E-state index contributed by atoms with van der Waals surface area (Å²) in [6, 6.07) is 5.51. The summed E-state index contributed by atoms with van der Waals surface area (Å²) >= 11 is 1.41. The summed E-state index contributed by atoms with van der Waals surface area (Å²) in [6.07, 6.45) is 1.64. The molecule has 166 valence electrons. The minimum absolute atomic E-state index is 0.261. The Bertz CT molecular complexity index is 1010. The molecule has 0 bridgehead atoms. The van der Waals surface area contributed by atoms with Crippen LogP contribution in [-0.4, -0.2) is 30.6 Å². The van der Waals surface area contributed by atoms with Gasteiger partial charge in [0.1, 0.15) is 5.00 Å². The zero-order valence-electron chi connectivity index (χ0n) is 18.7. The molecular weight excluding hydrogens is 414 g/mol. The van der Waals surface area contributed by atoms with Gasteiger partial charge in [-0.3, -0.25) is 4.79 Å². The van der Waals surface area contributed by atoms with Gasteiger partial charge in [0.15, 0.2) is 6.10 Å². The van der Waals surface area contributed by atoms with Crippen LogP contribution < -0.4 is 5.32 Å². The molecule has 6 nitrogen and oxygen atoms in total. The molecule has 3 rings (SSSR count). The fourth-order valence-electron chi connectivity index (χ4n) is 3.70. The fourth-order valence-corrected chi connectivity index (χ4v) is 5.11.